The molecule has 208 valence electrons. The quantitative estimate of drug-likeness (QED) is 0.398. The number of rotatable bonds is 8. The van der Waals surface area contributed by atoms with Crippen LogP contribution in [0.4, 0.5) is 15.8 Å². The van der Waals surface area contributed by atoms with Gasteiger partial charge in [0.1, 0.15) is 5.82 Å². The lowest BCUT2D eigenvalue weighted by atomic mass is 9.64. The summed E-state index contributed by atoms with van der Waals surface area (Å²) >= 11 is 0. The minimum atomic E-state index is -3.80. The van der Waals surface area contributed by atoms with Crippen LogP contribution in [0.25, 0.3) is 0 Å². The van der Waals surface area contributed by atoms with Crippen LogP contribution in [0.2, 0.25) is 0 Å². The maximum Gasteiger partial charge on any atom is 0.264 e. The van der Waals surface area contributed by atoms with Gasteiger partial charge in [-0.3, -0.25) is 4.90 Å². The van der Waals surface area contributed by atoms with E-state index in [0.29, 0.717) is 30.0 Å². The molecule has 1 atom stereocenters. The first-order valence-electron chi connectivity index (χ1n) is 13.2. The lowest BCUT2D eigenvalue weighted by Crippen LogP contribution is -2.53. The van der Waals surface area contributed by atoms with Crippen molar-refractivity contribution in [1.82, 2.24) is 24.2 Å². The average Bonchev–Trinajstić information content (AvgIpc) is 3.32. The summed E-state index contributed by atoms with van der Waals surface area (Å²) in [7, 11) is -2.20. The van der Waals surface area contributed by atoms with Crippen molar-refractivity contribution >= 4 is 27.6 Å². The van der Waals surface area contributed by atoms with Crippen molar-refractivity contribution in [3.05, 3.63) is 65.1 Å². The number of anilines is 2. The molecule has 0 bridgehead atoms. The summed E-state index contributed by atoms with van der Waals surface area (Å²) in [6.45, 7) is 8.78. The van der Waals surface area contributed by atoms with Crippen molar-refractivity contribution in [2.75, 3.05) is 31.5 Å². The lowest BCUT2D eigenvalue weighted by molar-refractivity contribution is 0.0267. The summed E-state index contributed by atoms with van der Waals surface area (Å²) in [5.74, 6) is 0.264. The number of aromatic nitrogens is 3. The van der Waals surface area contributed by atoms with E-state index < -0.39 is 10.0 Å². The van der Waals surface area contributed by atoms with E-state index in [1.54, 1.807) is 19.2 Å². The summed E-state index contributed by atoms with van der Waals surface area (Å²) in [5.41, 5.74) is 4.49. The molecule has 2 fully saturated rings. The fourth-order valence-electron chi connectivity index (χ4n) is 6.09. The minimum absolute atomic E-state index is 0.0475. The van der Waals surface area contributed by atoms with Gasteiger partial charge >= 0.3 is 0 Å². The first-order valence-corrected chi connectivity index (χ1v) is 14.7. The smallest absolute Gasteiger partial charge is 0.264 e. The van der Waals surface area contributed by atoms with E-state index in [1.807, 2.05) is 19.1 Å². The standard InChI is InChI=1S/C28H36FN7O2S/c1-19-11-25(32-23-7-5-22(29)6-8-23)21(15-30)12-24(19)26-18-36(39(37,38)27-16-31-34(4)33-27)10-9-35(26)17-20-13-28(2,3)14-20/h5-8,11-12,15-16,20,26,30,32H,9-10,13-14,17-18H2,1-4H3/t26-/m1/s1. The molecule has 0 spiro atoms. The van der Waals surface area contributed by atoms with Crippen LogP contribution < -0.4 is 5.32 Å². The van der Waals surface area contributed by atoms with Gasteiger partial charge in [-0.25, -0.2) is 12.8 Å². The first kappa shape index (κ1) is 27.4. The van der Waals surface area contributed by atoms with E-state index in [2.05, 4.69) is 34.3 Å². The van der Waals surface area contributed by atoms with Gasteiger partial charge in [0, 0.05) is 62.4 Å². The highest BCUT2D eigenvalue weighted by molar-refractivity contribution is 7.89. The van der Waals surface area contributed by atoms with Crippen LogP contribution in [0.1, 0.15) is 49.4 Å². The second-order valence-corrected chi connectivity index (χ2v) is 13.4. The monoisotopic (exact) mass is 553 g/mol. The SMILES string of the molecule is Cc1cc(Nc2ccc(F)cc2)c(C=N)cc1[C@H]1CN(S(=O)(=O)c2cnn(C)n2)CCN1CC1CC(C)(C)C1. The van der Waals surface area contributed by atoms with Gasteiger partial charge < -0.3 is 10.7 Å². The van der Waals surface area contributed by atoms with Gasteiger partial charge in [0.05, 0.1) is 6.20 Å². The van der Waals surface area contributed by atoms with Crippen molar-refractivity contribution in [2.24, 2.45) is 18.4 Å². The third kappa shape index (κ3) is 5.75. The first-order chi connectivity index (χ1) is 18.4. The molecular weight excluding hydrogens is 517 g/mol. The van der Waals surface area contributed by atoms with Crippen molar-refractivity contribution in [3.63, 3.8) is 0 Å². The highest BCUT2D eigenvalue weighted by Gasteiger charge is 2.41. The van der Waals surface area contributed by atoms with Crippen LogP contribution in [-0.2, 0) is 17.1 Å². The second-order valence-electron chi connectivity index (χ2n) is 11.6. The molecule has 39 heavy (non-hydrogen) atoms. The van der Waals surface area contributed by atoms with Gasteiger partial charge in [0.25, 0.3) is 10.0 Å². The summed E-state index contributed by atoms with van der Waals surface area (Å²) in [6.07, 6.45) is 4.90. The van der Waals surface area contributed by atoms with Crippen LogP contribution >= 0.6 is 0 Å². The Morgan fingerprint density at radius 2 is 1.90 bits per heavy atom. The summed E-state index contributed by atoms with van der Waals surface area (Å²) in [5, 5.41) is 19.4. The zero-order chi connectivity index (χ0) is 27.9. The molecule has 11 heteroatoms. The predicted molar refractivity (Wildman–Crippen MR) is 149 cm³/mol. The van der Waals surface area contributed by atoms with Crippen molar-refractivity contribution in [3.8, 4) is 0 Å². The Balaban J connectivity index is 1.47. The zero-order valence-corrected chi connectivity index (χ0v) is 23.7. The Bertz CT molecular complexity index is 1460. The topological polar surface area (TPSA) is 107 Å². The van der Waals surface area contributed by atoms with Gasteiger partial charge in [-0.1, -0.05) is 13.8 Å². The number of benzene rings is 2. The molecule has 1 saturated carbocycles. The Labute approximate surface area is 229 Å². The van der Waals surface area contributed by atoms with E-state index in [4.69, 9.17) is 5.41 Å². The molecule has 2 aromatic carbocycles. The number of sulfonamides is 1. The highest BCUT2D eigenvalue weighted by Crippen LogP contribution is 2.46. The number of halogens is 1. The lowest BCUT2D eigenvalue weighted by Gasteiger charge is -2.48. The molecule has 1 aromatic heterocycles. The Kier molecular flexibility index (Phi) is 7.34. The number of hydrogen-bond acceptors (Lipinski definition) is 7. The van der Waals surface area contributed by atoms with Crippen LogP contribution in [0.3, 0.4) is 0 Å². The van der Waals surface area contributed by atoms with Crippen molar-refractivity contribution < 1.29 is 12.8 Å². The van der Waals surface area contributed by atoms with Gasteiger partial charge in [0.2, 0.25) is 5.03 Å². The molecule has 1 aliphatic carbocycles. The van der Waals surface area contributed by atoms with Crippen LogP contribution in [0.15, 0.2) is 47.6 Å². The molecule has 0 unspecified atom stereocenters. The normalized spacial score (nSPS) is 20.5. The van der Waals surface area contributed by atoms with E-state index >= 15 is 0 Å². The molecule has 1 aliphatic heterocycles. The van der Waals surface area contributed by atoms with Crippen LogP contribution in [0, 0.1) is 29.5 Å². The largest absolute Gasteiger partial charge is 0.355 e. The molecule has 0 radical (unpaired) electrons. The average molecular weight is 554 g/mol. The molecule has 9 nitrogen and oxygen atoms in total. The van der Waals surface area contributed by atoms with Crippen LogP contribution in [0.5, 0.6) is 0 Å². The second kappa shape index (κ2) is 10.4. The van der Waals surface area contributed by atoms with E-state index in [1.165, 1.54) is 33.6 Å². The molecule has 2 heterocycles. The highest BCUT2D eigenvalue weighted by atomic mass is 32.2. The third-order valence-corrected chi connectivity index (χ3v) is 9.62. The van der Waals surface area contributed by atoms with E-state index in [9.17, 15) is 12.8 Å². The maximum absolute atomic E-state index is 13.5. The van der Waals surface area contributed by atoms with Gasteiger partial charge in [-0.15, -0.1) is 5.10 Å². The summed E-state index contributed by atoms with van der Waals surface area (Å²) in [4.78, 5) is 3.66. The molecule has 5 rings (SSSR count). The number of aryl methyl sites for hydroxylation is 2. The zero-order valence-electron chi connectivity index (χ0n) is 22.9. The van der Waals surface area contributed by atoms with Crippen LogP contribution in [-0.4, -0.2) is 65.0 Å². The molecule has 2 aliphatic rings. The Morgan fingerprint density at radius 3 is 2.51 bits per heavy atom. The van der Waals surface area contributed by atoms with Gasteiger partial charge in [0.15, 0.2) is 0 Å². The fourth-order valence-corrected chi connectivity index (χ4v) is 7.41. The predicted octanol–water partition coefficient (Wildman–Crippen LogP) is 4.49. The number of hydrogen-bond donors (Lipinski definition) is 2. The van der Waals surface area contributed by atoms with Gasteiger partial charge in [-0.05, 0) is 78.6 Å². The summed E-state index contributed by atoms with van der Waals surface area (Å²) < 4.78 is 41.8. The maximum atomic E-state index is 13.5. The Hall–Kier alpha value is -3.15. The van der Waals surface area contributed by atoms with E-state index in [0.717, 1.165) is 41.9 Å². The number of piperazine rings is 1. The molecule has 2 N–H and O–H groups in total. The minimum Gasteiger partial charge on any atom is -0.355 e. The third-order valence-electron chi connectivity index (χ3n) is 7.89. The van der Waals surface area contributed by atoms with E-state index in [-0.39, 0.29) is 23.4 Å². The summed E-state index contributed by atoms with van der Waals surface area (Å²) in [6, 6.07) is 9.89. The molecular formula is C28H36FN7O2S. The fraction of sp³-hybridized carbons (Fsp3) is 0.464. The molecule has 0 amide bonds. The number of nitrogens with one attached hydrogen (secondary N) is 2. The Morgan fingerprint density at radius 1 is 1.18 bits per heavy atom. The van der Waals surface area contributed by atoms with Crippen molar-refractivity contribution in [2.45, 2.75) is 44.7 Å². The molecule has 3 aromatic rings. The van der Waals surface area contributed by atoms with Gasteiger partial charge in [-0.2, -0.15) is 14.2 Å². The number of nitrogens with zero attached hydrogens (tertiary/aromatic N) is 5. The van der Waals surface area contributed by atoms with Crippen molar-refractivity contribution in [1.29, 1.82) is 5.41 Å². The molecule has 1 saturated heterocycles.